The van der Waals surface area contributed by atoms with E-state index in [4.69, 9.17) is 0 Å². The van der Waals surface area contributed by atoms with Crippen molar-refractivity contribution < 1.29 is 0 Å². The Labute approximate surface area is 326 Å². The molecule has 3 atom stereocenters. The average molecular weight is 710 g/mol. The van der Waals surface area contributed by atoms with Crippen molar-refractivity contribution in [2.24, 2.45) is 11.8 Å². The third-order valence-electron chi connectivity index (χ3n) is 13.8. The SMILES string of the molecule is c1ccc(C2(c3ccccc3)c3ccccc3-c3ccc(N(c4ccc(-c5ccc6c(c5)CCCC6)cc4)c4ccccc4C4CC5CCC4C5)cc32)cc1. The molecule has 0 N–H and O–H groups in total. The van der Waals surface area contributed by atoms with Gasteiger partial charge in [0.1, 0.15) is 0 Å². The van der Waals surface area contributed by atoms with Crippen molar-refractivity contribution in [3.63, 3.8) is 0 Å². The van der Waals surface area contributed by atoms with E-state index in [0.717, 1.165) is 11.8 Å². The lowest BCUT2D eigenvalue weighted by atomic mass is 9.67. The van der Waals surface area contributed by atoms with Gasteiger partial charge in [0.15, 0.2) is 0 Å². The van der Waals surface area contributed by atoms with Gasteiger partial charge >= 0.3 is 0 Å². The van der Waals surface area contributed by atoms with E-state index >= 15 is 0 Å². The normalized spacial score (nSPS) is 20.1. The summed E-state index contributed by atoms with van der Waals surface area (Å²) in [4.78, 5) is 2.59. The Morgan fingerprint density at radius 1 is 0.473 bits per heavy atom. The molecule has 2 bridgehead atoms. The minimum atomic E-state index is -0.448. The van der Waals surface area contributed by atoms with E-state index in [-0.39, 0.29) is 0 Å². The Kier molecular flexibility index (Phi) is 7.90. The molecule has 1 heteroatoms. The standard InChI is InChI=1S/C54H47N/c1-3-15-43(16-4-1)54(44-17-5-2-6-18-44)51-21-11-9-19-47(51)48-32-31-46(36-52(48)54)55(53-22-12-10-20-49(53)50-34-37-23-24-42(50)33-37)45-29-27-39(28-30-45)41-26-25-38-13-7-8-14-40(38)35-41/h1-6,9-12,15-22,25-32,35-37,42,50H,7-8,13-14,23-24,33-34H2. The van der Waals surface area contributed by atoms with Crippen molar-refractivity contribution in [3.8, 4) is 22.3 Å². The van der Waals surface area contributed by atoms with Gasteiger partial charge < -0.3 is 4.90 Å². The van der Waals surface area contributed by atoms with Crippen molar-refractivity contribution in [2.45, 2.75) is 62.7 Å². The highest BCUT2D eigenvalue weighted by molar-refractivity contribution is 5.90. The third kappa shape index (κ3) is 5.27. The summed E-state index contributed by atoms with van der Waals surface area (Å²) < 4.78 is 0. The summed E-state index contributed by atoms with van der Waals surface area (Å²) in [7, 11) is 0. The minimum absolute atomic E-state index is 0.448. The average Bonchev–Trinajstić information content (AvgIpc) is 3.98. The molecular formula is C54H47N. The van der Waals surface area contributed by atoms with Gasteiger partial charge in [0.05, 0.1) is 5.41 Å². The molecule has 7 aromatic carbocycles. The zero-order chi connectivity index (χ0) is 36.3. The molecule has 2 saturated carbocycles. The van der Waals surface area contributed by atoms with Crippen LogP contribution < -0.4 is 4.90 Å². The monoisotopic (exact) mass is 709 g/mol. The van der Waals surface area contributed by atoms with Crippen LogP contribution >= 0.6 is 0 Å². The van der Waals surface area contributed by atoms with Gasteiger partial charge in [-0.1, -0.05) is 146 Å². The fourth-order valence-electron chi connectivity index (χ4n) is 11.3. The molecule has 4 aliphatic rings. The Balaban J connectivity index is 1.11. The first-order valence-electron chi connectivity index (χ1n) is 20.7. The van der Waals surface area contributed by atoms with Gasteiger partial charge in [0.25, 0.3) is 0 Å². The smallest absolute Gasteiger partial charge is 0.0714 e. The van der Waals surface area contributed by atoms with E-state index in [0.29, 0.717) is 5.92 Å². The first-order chi connectivity index (χ1) is 27.3. The van der Waals surface area contributed by atoms with E-state index in [1.54, 1.807) is 0 Å². The van der Waals surface area contributed by atoms with Crippen LogP contribution in [0.25, 0.3) is 22.3 Å². The molecule has 4 aliphatic carbocycles. The summed E-state index contributed by atoms with van der Waals surface area (Å²) in [6, 6.07) is 64.8. The number of benzene rings is 7. The lowest BCUT2D eigenvalue weighted by Crippen LogP contribution is -2.28. The number of rotatable bonds is 7. The molecule has 55 heavy (non-hydrogen) atoms. The quantitative estimate of drug-likeness (QED) is 0.159. The lowest BCUT2D eigenvalue weighted by Gasteiger charge is -2.35. The second kappa shape index (κ2) is 13.3. The van der Waals surface area contributed by atoms with Crippen LogP contribution in [0.1, 0.15) is 83.4 Å². The molecule has 0 spiro atoms. The zero-order valence-corrected chi connectivity index (χ0v) is 31.5. The topological polar surface area (TPSA) is 3.24 Å². The van der Waals surface area contributed by atoms with E-state index in [2.05, 4.69) is 175 Å². The fraction of sp³-hybridized carbons (Fsp3) is 0.222. The molecule has 0 amide bonds. The Hall–Kier alpha value is -5.66. The lowest BCUT2D eigenvalue weighted by molar-refractivity contribution is 0.420. The number of aryl methyl sites for hydroxylation is 2. The van der Waals surface area contributed by atoms with E-state index in [1.807, 2.05) is 0 Å². The summed E-state index contributed by atoms with van der Waals surface area (Å²) in [6.45, 7) is 0. The molecule has 0 aromatic heterocycles. The van der Waals surface area contributed by atoms with E-state index < -0.39 is 5.41 Å². The number of anilines is 3. The van der Waals surface area contributed by atoms with Crippen LogP contribution in [-0.4, -0.2) is 0 Å². The molecule has 0 radical (unpaired) electrons. The summed E-state index contributed by atoms with van der Waals surface area (Å²) in [5.74, 6) is 2.28. The van der Waals surface area contributed by atoms with Gasteiger partial charge in [0.2, 0.25) is 0 Å². The summed E-state index contributed by atoms with van der Waals surface area (Å²) in [5.41, 5.74) is 18.4. The molecule has 268 valence electrons. The maximum absolute atomic E-state index is 2.59. The van der Waals surface area contributed by atoms with Crippen LogP contribution in [0, 0.1) is 11.8 Å². The van der Waals surface area contributed by atoms with Crippen molar-refractivity contribution in [1.29, 1.82) is 0 Å². The predicted octanol–water partition coefficient (Wildman–Crippen LogP) is 14.0. The second-order valence-corrected chi connectivity index (χ2v) is 16.7. The molecule has 0 heterocycles. The number of hydrogen-bond acceptors (Lipinski definition) is 1. The number of fused-ring (bicyclic) bond motifs is 6. The van der Waals surface area contributed by atoms with E-state index in [9.17, 15) is 0 Å². The number of hydrogen-bond donors (Lipinski definition) is 0. The molecule has 11 rings (SSSR count). The van der Waals surface area contributed by atoms with Gasteiger partial charge in [0, 0.05) is 17.1 Å². The summed E-state index contributed by atoms with van der Waals surface area (Å²) in [6.07, 6.45) is 10.5. The highest BCUT2D eigenvalue weighted by Crippen LogP contribution is 2.58. The van der Waals surface area contributed by atoms with Crippen LogP contribution in [0.15, 0.2) is 170 Å². The van der Waals surface area contributed by atoms with Gasteiger partial charge in [-0.2, -0.15) is 0 Å². The van der Waals surface area contributed by atoms with Crippen LogP contribution in [0.4, 0.5) is 17.1 Å². The van der Waals surface area contributed by atoms with Crippen LogP contribution in [0.2, 0.25) is 0 Å². The van der Waals surface area contributed by atoms with Gasteiger partial charge in [-0.25, -0.2) is 0 Å². The predicted molar refractivity (Wildman–Crippen MR) is 229 cm³/mol. The van der Waals surface area contributed by atoms with Crippen LogP contribution in [0.5, 0.6) is 0 Å². The van der Waals surface area contributed by atoms with Crippen LogP contribution in [0.3, 0.4) is 0 Å². The largest absolute Gasteiger partial charge is 0.310 e. The fourth-order valence-corrected chi connectivity index (χ4v) is 11.3. The summed E-state index contributed by atoms with van der Waals surface area (Å²) >= 11 is 0. The Bertz CT molecular complexity index is 2470. The van der Waals surface area contributed by atoms with Gasteiger partial charge in [-0.3, -0.25) is 0 Å². The van der Waals surface area contributed by atoms with Crippen LogP contribution in [-0.2, 0) is 18.3 Å². The highest BCUT2D eigenvalue weighted by Gasteiger charge is 2.46. The molecule has 1 nitrogen and oxygen atoms in total. The highest BCUT2D eigenvalue weighted by atomic mass is 15.1. The molecule has 0 saturated heterocycles. The van der Waals surface area contributed by atoms with Crippen molar-refractivity contribution >= 4 is 17.1 Å². The zero-order valence-electron chi connectivity index (χ0n) is 31.5. The number of para-hydroxylation sites is 1. The Morgan fingerprint density at radius 3 is 1.87 bits per heavy atom. The first kappa shape index (κ1) is 32.7. The molecular weight excluding hydrogens is 663 g/mol. The van der Waals surface area contributed by atoms with Crippen molar-refractivity contribution in [1.82, 2.24) is 0 Å². The molecule has 0 aliphatic heterocycles. The maximum atomic E-state index is 2.59. The minimum Gasteiger partial charge on any atom is -0.310 e. The third-order valence-corrected chi connectivity index (χ3v) is 13.8. The summed E-state index contributed by atoms with van der Waals surface area (Å²) in [5, 5.41) is 0. The van der Waals surface area contributed by atoms with Crippen molar-refractivity contribution in [3.05, 3.63) is 209 Å². The van der Waals surface area contributed by atoms with Gasteiger partial charge in [-0.05, 0) is 154 Å². The molecule has 2 fully saturated rings. The first-order valence-corrected chi connectivity index (χ1v) is 20.7. The van der Waals surface area contributed by atoms with Crippen molar-refractivity contribution in [2.75, 3.05) is 4.90 Å². The maximum Gasteiger partial charge on any atom is 0.0714 e. The van der Waals surface area contributed by atoms with E-state index in [1.165, 1.54) is 130 Å². The molecule has 7 aromatic rings. The Morgan fingerprint density at radius 2 is 1.13 bits per heavy atom. The number of nitrogens with zero attached hydrogens (tertiary/aromatic N) is 1. The second-order valence-electron chi connectivity index (χ2n) is 16.7. The molecule has 3 unspecified atom stereocenters. The van der Waals surface area contributed by atoms with Gasteiger partial charge in [-0.15, -0.1) is 0 Å².